The molecule has 0 bridgehead atoms. The molecule has 0 aliphatic heterocycles. The zero-order valence-corrected chi connectivity index (χ0v) is 15.9. The van der Waals surface area contributed by atoms with Gasteiger partial charge in [-0.25, -0.2) is 5.43 Å². The molecule has 0 spiro atoms. The first kappa shape index (κ1) is 17.9. The van der Waals surface area contributed by atoms with Crippen molar-refractivity contribution in [3.05, 3.63) is 89.1 Å². The third-order valence-electron chi connectivity index (χ3n) is 4.48. The van der Waals surface area contributed by atoms with Crippen LogP contribution in [-0.2, 0) is 0 Å². The Kier molecular flexibility index (Phi) is 4.91. The molecule has 2 N–H and O–H groups in total. The maximum absolute atomic E-state index is 12.5. The highest BCUT2D eigenvalue weighted by Crippen LogP contribution is 2.27. The van der Waals surface area contributed by atoms with E-state index in [1.807, 2.05) is 60.7 Å². The van der Waals surface area contributed by atoms with Gasteiger partial charge in [-0.05, 0) is 29.8 Å². The highest BCUT2D eigenvalue weighted by molar-refractivity contribution is 6.34. The molecular weight excluding hydrogens is 372 g/mol. The van der Waals surface area contributed by atoms with Crippen LogP contribution in [-0.4, -0.2) is 21.8 Å². The van der Waals surface area contributed by atoms with Gasteiger partial charge < -0.3 is 0 Å². The van der Waals surface area contributed by atoms with E-state index < -0.39 is 0 Å². The van der Waals surface area contributed by atoms with Crippen LogP contribution >= 0.6 is 11.6 Å². The normalized spacial score (nSPS) is 11.6. The summed E-state index contributed by atoms with van der Waals surface area (Å²) in [6.45, 7) is 1.79. The van der Waals surface area contributed by atoms with Gasteiger partial charge >= 0.3 is 0 Å². The number of aromatic nitrogens is 2. The summed E-state index contributed by atoms with van der Waals surface area (Å²) >= 11 is 6.16. The van der Waals surface area contributed by atoms with E-state index in [9.17, 15) is 4.79 Å². The predicted octanol–water partition coefficient (Wildman–Crippen LogP) is 5.04. The van der Waals surface area contributed by atoms with Crippen molar-refractivity contribution in [3.63, 3.8) is 0 Å². The van der Waals surface area contributed by atoms with E-state index in [0.717, 1.165) is 21.9 Å². The summed E-state index contributed by atoms with van der Waals surface area (Å²) in [6.07, 6.45) is 0. The van der Waals surface area contributed by atoms with Crippen molar-refractivity contribution in [2.24, 2.45) is 5.10 Å². The molecule has 4 rings (SSSR count). The van der Waals surface area contributed by atoms with Gasteiger partial charge in [0.05, 0.1) is 11.4 Å². The monoisotopic (exact) mass is 388 g/mol. The Morgan fingerprint density at radius 2 is 1.79 bits per heavy atom. The van der Waals surface area contributed by atoms with Gasteiger partial charge in [0.25, 0.3) is 5.91 Å². The third kappa shape index (κ3) is 3.52. The minimum Gasteiger partial charge on any atom is -0.272 e. The quantitative estimate of drug-likeness (QED) is 0.380. The molecule has 0 saturated heterocycles. The van der Waals surface area contributed by atoms with Crippen molar-refractivity contribution < 1.29 is 4.79 Å². The lowest BCUT2D eigenvalue weighted by Gasteiger charge is -2.04. The van der Waals surface area contributed by atoms with E-state index in [4.69, 9.17) is 11.6 Å². The van der Waals surface area contributed by atoms with Crippen LogP contribution in [0, 0.1) is 0 Å². The molecule has 28 heavy (non-hydrogen) atoms. The Morgan fingerprint density at radius 1 is 1.04 bits per heavy atom. The number of benzene rings is 3. The van der Waals surface area contributed by atoms with Gasteiger partial charge in [0.15, 0.2) is 0 Å². The maximum Gasteiger partial charge on any atom is 0.289 e. The zero-order valence-electron chi connectivity index (χ0n) is 15.1. The van der Waals surface area contributed by atoms with Crippen molar-refractivity contribution in [2.75, 3.05) is 0 Å². The Hall–Kier alpha value is -3.44. The van der Waals surface area contributed by atoms with Crippen LogP contribution in [0.3, 0.4) is 0 Å². The molecule has 0 unspecified atom stereocenters. The third-order valence-corrected chi connectivity index (χ3v) is 4.81. The zero-order chi connectivity index (χ0) is 19.5. The number of amides is 1. The topological polar surface area (TPSA) is 70.1 Å². The van der Waals surface area contributed by atoms with Crippen LogP contribution in [0.4, 0.5) is 0 Å². The van der Waals surface area contributed by atoms with E-state index in [1.165, 1.54) is 0 Å². The lowest BCUT2D eigenvalue weighted by molar-refractivity contribution is 0.0950. The van der Waals surface area contributed by atoms with Crippen LogP contribution < -0.4 is 5.43 Å². The fraction of sp³-hybridized carbons (Fsp3) is 0.0455. The second-order valence-corrected chi connectivity index (χ2v) is 6.72. The number of nitrogens with zero attached hydrogens (tertiary/aromatic N) is 2. The summed E-state index contributed by atoms with van der Waals surface area (Å²) in [6, 6.07) is 23.1. The van der Waals surface area contributed by atoms with Crippen LogP contribution in [0.5, 0.6) is 0 Å². The van der Waals surface area contributed by atoms with Gasteiger partial charge in [-0.3, -0.25) is 9.89 Å². The predicted molar refractivity (Wildman–Crippen MR) is 113 cm³/mol. The minimum absolute atomic E-state index is 0.332. The molecule has 1 heterocycles. The number of fused-ring (bicyclic) bond motifs is 1. The number of hydrogen-bond donors (Lipinski definition) is 2. The lowest BCUT2D eigenvalue weighted by Crippen LogP contribution is -2.19. The molecule has 6 heteroatoms. The van der Waals surface area contributed by atoms with Gasteiger partial charge in [0.2, 0.25) is 0 Å². The van der Waals surface area contributed by atoms with E-state index in [-0.39, 0.29) is 5.91 Å². The Morgan fingerprint density at radius 3 is 2.64 bits per heavy atom. The van der Waals surface area contributed by atoms with Crippen LogP contribution in [0.1, 0.15) is 23.0 Å². The van der Waals surface area contributed by atoms with E-state index in [0.29, 0.717) is 22.1 Å². The molecular formula is C22H17ClN4O. The largest absolute Gasteiger partial charge is 0.289 e. The summed E-state index contributed by atoms with van der Waals surface area (Å²) in [5.74, 6) is -0.370. The van der Waals surface area contributed by atoms with Crippen molar-refractivity contribution >= 4 is 34.0 Å². The van der Waals surface area contributed by atoms with Crippen LogP contribution in [0.2, 0.25) is 5.02 Å². The number of H-pyrrole nitrogens is 1. The molecule has 1 amide bonds. The molecule has 0 saturated carbocycles. The number of rotatable bonds is 4. The molecule has 3 aromatic carbocycles. The molecule has 4 aromatic rings. The van der Waals surface area contributed by atoms with Gasteiger partial charge in [-0.1, -0.05) is 72.3 Å². The molecule has 0 radical (unpaired) electrons. The van der Waals surface area contributed by atoms with Gasteiger partial charge in [0.1, 0.15) is 5.69 Å². The van der Waals surface area contributed by atoms with Crippen molar-refractivity contribution in [1.29, 1.82) is 0 Å². The SMILES string of the molecule is C/C(=N\NC(=O)c1cc(-c2cccc3ccccc23)n[nH]1)c1ccccc1Cl. The van der Waals surface area contributed by atoms with Crippen molar-refractivity contribution in [3.8, 4) is 11.3 Å². The Labute approximate surface area is 167 Å². The van der Waals surface area contributed by atoms with Crippen LogP contribution in [0.25, 0.3) is 22.0 Å². The highest BCUT2D eigenvalue weighted by Gasteiger charge is 2.13. The number of carbonyl (C=O) groups excluding carboxylic acids is 1. The maximum atomic E-state index is 12.5. The number of nitrogens with one attached hydrogen (secondary N) is 2. The highest BCUT2D eigenvalue weighted by atomic mass is 35.5. The Bertz CT molecular complexity index is 1190. The van der Waals surface area contributed by atoms with E-state index in [1.54, 1.807) is 19.1 Å². The molecule has 0 aliphatic rings. The first-order chi connectivity index (χ1) is 13.6. The number of hydrazone groups is 1. The van der Waals surface area contributed by atoms with E-state index >= 15 is 0 Å². The molecule has 0 fully saturated rings. The average Bonchev–Trinajstić information content (AvgIpc) is 3.22. The summed E-state index contributed by atoms with van der Waals surface area (Å²) in [7, 11) is 0. The first-order valence-corrected chi connectivity index (χ1v) is 9.14. The molecule has 0 atom stereocenters. The fourth-order valence-electron chi connectivity index (χ4n) is 3.03. The summed E-state index contributed by atoms with van der Waals surface area (Å²) in [4.78, 5) is 12.5. The van der Waals surface area contributed by atoms with Gasteiger partial charge in [0, 0.05) is 16.1 Å². The van der Waals surface area contributed by atoms with E-state index in [2.05, 4.69) is 20.7 Å². The van der Waals surface area contributed by atoms with Gasteiger partial charge in [-0.15, -0.1) is 0 Å². The lowest BCUT2D eigenvalue weighted by atomic mass is 10.0. The summed E-state index contributed by atoms with van der Waals surface area (Å²) in [5, 5.41) is 14.0. The summed E-state index contributed by atoms with van der Waals surface area (Å²) in [5.41, 5.74) is 5.93. The number of carbonyl (C=O) groups is 1. The Balaban J connectivity index is 1.57. The fourth-order valence-corrected chi connectivity index (χ4v) is 3.31. The second kappa shape index (κ2) is 7.66. The average molecular weight is 389 g/mol. The molecule has 0 aliphatic carbocycles. The smallest absolute Gasteiger partial charge is 0.272 e. The first-order valence-electron chi connectivity index (χ1n) is 8.76. The summed E-state index contributed by atoms with van der Waals surface area (Å²) < 4.78 is 0. The molecule has 5 nitrogen and oxygen atoms in total. The van der Waals surface area contributed by atoms with Crippen molar-refractivity contribution in [2.45, 2.75) is 6.92 Å². The number of hydrogen-bond acceptors (Lipinski definition) is 3. The molecule has 138 valence electrons. The van der Waals surface area contributed by atoms with Gasteiger partial charge in [-0.2, -0.15) is 10.2 Å². The van der Waals surface area contributed by atoms with Crippen LogP contribution in [0.15, 0.2) is 77.9 Å². The standard InChI is InChI=1S/C22H17ClN4O/c1-14(16-9-4-5-12-19(16)23)24-27-22(28)21-13-20(25-26-21)18-11-6-8-15-7-2-3-10-17(15)18/h2-13H,1H3,(H,25,26)(H,27,28)/b24-14+. The number of halogens is 1. The minimum atomic E-state index is -0.370. The number of aromatic amines is 1. The second-order valence-electron chi connectivity index (χ2n) is 6.31. The van der Waals surface area contributed by atoms with Crippen molar-refractivity contribution in [1.82, 2.24) is 15.6 Å². The molecule has 1 aromatic heterocycles.